The van der Waals surface area contributed by atoms with Crippen molar-refractivity contribution in [2.24, 2.45) is 0 Å². The number of hydrogen-bond acceptors (Lipinski definition) is 5. The van der Waals surface area contributed by atoms with E-state index in [4.69, 9.17) is 10.1 Å². The summed E-state index contributed by atoms with van der Waals surface area (Å²) in [5.74, 6) is 1.82. The number of likely N-dealkylation sites (N-methyl/N-ethyl adjacent to an activating group) is 2. The number of hydrogen-bond donors (Lipinski definition) is 0. The van der Waals surface area contributed by atoms with E-state index >= 15 is 0 Å². The molecule has 0 N–H and O–H groups in total. The van der Waals surface area contributed by atoms with Gasteiger partial charge in [-0.1, -0.05) is 29.8 Å². The Morgan fingerprint density at radius 1 is 1.07 bits per heavy atom. The molecule has 28 heavy (non-hydrogen) atoms. The fourth-order valence-electron chi connectivity index (χ4n) is 3.79. The van der Waals surface area contributed by atoms with E-state index in [1.165, 1.54) is 11.1 Å². The summed E-state index contributed by atoms with van der Waals surface area (Å²) in [6.07, 6.45) is 4.48. The maximum Gasteiger partial charge on any atom is 0.181 e. The maximum absolute atomic E-state index is 4.93. The SMILES string of the molecule is Cc1cccc(Cn2nc(-c3ccncc3)nc2C[C@@H]2CN(C)CCN2C)c1. The van der Waals surface area contributed by atoms with E-state index < -0.39 is 0 Å². The second-order valence-electron chi connectivity index (χ2n) is 7.84. The summed E-state index contributed by atoms with van der Waals surface area (Å²) in [6, 6.07) is 13.0. The molecule has 3 aromatic rings. The number of rotatable bonds is 5. The molecule has 0 bridgehead atoms. The number of nitrogens with zero attached hydrogens (tertiary/aromatic N) is 6. The van der Waals surface area contributed by atoms with Crippen molar-refractivity contribution in [1.82, 2.24) is 29.5 Å². The minimum Gasteiger partial charge on any atom is -0.304 e. The highest BCUT2D eigenvalue weighted by Gasteiger charge is 2.25. The second-order valence-corrected chi connectivity index (χ2v) is 7.84. The van der Waals surface area contributed by atoms with Crippen molar-refractivity contribution in [2.75, 3.05) is 33.7 Å². The predicted molar refractivity (Wildman–Crippen MR) is 111 cm³/mol. The van der Waals surface area contributed by atoms with Crippen molar-refractivity contribution in [3.05, 3.63) is 65.7 Å². The zero-order valence-corrected chi connectivity index (χ0v) is 16.9. The largest absolute Gasteiger partial charge is 0.304 e. The molecular weight excluding hydrogens is 348 g/mol. The van der Waals surface area contributed by atoms with Crippen LogP contribution in [0.2, 0.25) is 0 Å². The van der Waals surface area contributed by atoms with Crippen LogP contribution in [0.4, 0.5) is 0 Å². The highest BCUT2D eigenvalue weighted by Crippen LogP contribution is 2.19. The third kappa shape index (κ3) is 4.29. The van der Waals surface area contributed by atoms with Crippen molar-refractivity contribution in [3.63, 3.8) is 0 Å². The molecule has 6 nitrogen and oxygen atoms in total. The predicted octanol–water partition coefficient (Wildman–Crippen LogP) is 2.49. The lowest BCUT2D eigenvalue weighted by Crippen LogP contribution is -2.51. The lowest BCUT2D eigenvalue weighted by Gasteiger charge is -2.37. The van der Waals surface area contributed by atoms with Crippen LogP contribution in [0.3, 0.4) is 0 Å². The fourth-order valence-corrected chi connectivity index (χ4v) is 3.79. The summed E-state index contributed by atoms with van der Waals surface area (Å²) in [6.45, 7) is 6.12. The third-order valence-electron chi connectivity index (χ3n) is 5.50. The summed E-state index contributed by atoms with van der Waals surface area (Å²) >= 11 is 0. The van der Waals surface area contributed by atoms with Crippen LogP contribution < -0.4 is 0 Å². The van der Waals surface area contributed by atoms with Crippen LogP contribution in [0.5, 0.6) is 0 Å². The monoisotopic (exact) mass is 376 g/mol. The van der Waals surface area contributed by atoms with Gasteiger partial charge in [0.2, 0.25) is 0 Å². The van der Waals surface area contributed by atoms with Crippen LogP contribution in [-0.2, 0) is 13.0 Å². The van der Waals surface area contributed by atoms with Crippen molar-refractivity contribution < 1.29 is 0 Å². The van der Waals surface area contributed by atoms with E-state index in [0.717, 1.165) is 49.8 Å². The topological polar surface area (TPSA) is 50.1 Å². The zero-order chi connectivity index (χ0) is 19.5. The molecule has 3 heterocycles. The Bertz CT molecular complexity index is 920. The first-order valence-corrected chi connectivity index (χ1v) is 9.87. The second kappa shape index (κ2) is 8.20. The van der Waals surface area contributed by atoms with Crippen LogP contribution in [0, 0.1) is 6.92 Å². The Morgan fingerprint density at radius 3 is 2.68 bits per heavy atom. The summed E-state index contributed by atoms with van der Waals surface area (Å²) in [4.78, 5) is 13.9. The standard InChI is InChI=1S/C22H28N6/c1-17-5-4-6-18(13-17)15-28-21(14-20-16-26(2)11-12-27(20)3)24-22(25-28)19-7-9-23-10-8-19/h4-10,13,20H,11-12,14-16H2,1-3H3/t20-/m1/s1. The Kier molecular flexibility index (Phi) is 5.50. The number of benzene rings is 1. The van der Waals surface area contributed by atoms with Gasteiger partial charge in [0.1, 0.15) is 5.82 Å². The molecule has 0 radical (unpaired) electrons. The quantitative estimate of drug-likeness (QED) is 0.685. The van der Waals surface area contributed by atoms with E-state index in [2.05, 4.69) is 64.8 Å². The molecule has 4 rings (SSSR count). The van der Waals surface area contributed by atoms with Crippen molar-refractivity contribution >= 4 is 0 Å². The molecule has 0 unspecified atom stereocenters. The first-order chi connectivity index (χ1) is 13.6. The molecule has 1 saturated heterocycles. The van der Waals surface area contributed by atoms with Gasteiger partial charge in [0.15, 0.2) is 5.82 Å². The minimum atomic E-state index is 0.449. The van der Waals surface area contributed by atoms with Crippen LogP contribution in [0.1, 0.15) is 17.0 Å². The molecule has 1 aliphatic rings. The Hall–Kier alpha value is -2.57. The van der Waals surface area contributed by atoms with Gasteiger partial charge < -0.3 is 9.80 Å². The average molecular weight is 377 g/mol. The molecule has 0 aliphatic carbocycles. The average Bonchev–Trinajstić information content (AvgIpc) is 3.08. The lowest BCUT2D eigenvalue weighted by atomic mass is 10.1. The summed E-state index contributed by atoms with van der Waals surface area (Å²) in [5, 5.41) is 4.86. The molecule has 1 aliphatic heterocycles. The van der Waals surface area contributed by atoms with Crippen molar-refractivity contribution in [2.45, 2.75) is 25.9 Å². The molecule has 1 aromatic carbocycles. The summed E-state index contributed by atoms with van der Waals surface area (Å²) in [7, 11) is 4.41. The fraction of sp³-hybridized carbons (Fsp3) is 0.409. The van der Waals surface area contributed by atoms with E-state index in [0.29, 0.717) is 6.04 Å². The highest BCUT2D eigenvalue weighted by atomic mass is 15.4. The summed E-state index contributed by atoms with van der Waals surface area (Å²) < 4.78 is 2.08. The normalized spacial score (nSPS) is 18.5. The van der Waals surface area contributed by atoms with Gasteiger partial charge in [-0.25, -0.2) is 9.67 Å². The van der Waals surface area contributed by atoms with Crippen molar-refractivity contribution in [3.8, 4) is 11.4 Å². The van der Waals surface area contributed by atoms with Crippen LogP contribution in [0.25, 0.3) is 11.4 Å². The van der Waals surface area contributed by atoms with Crippen LogP contribution in [-0.4, -0.2) is 69.3 Å². The molecular formula is C22H28N6. The van der Waals surface area contributed by atoms with Gasteiger partial charge in [-0.15, -0.1) is 0 Å². The van der Waals surface area contributed by atoms with Gasteiger partial charge in [-0.2, -0.15) is 5.10 Å². The van der Waals surface area contributed by atoms with Gasteiger partial charge in [0.05, 0.1) is 6.54 Å². The first kappa shape index (κ1) is 18.8. The molecule has 0 amide bonds. The molecule has 2 aromatic heterocycles. The van der Waals surface area contributed by atoms with Crippen LogP contribution in [0.15, 0.2) is 48.8 Å². The number of aromatic nitrogens is 4. The Balaban J connectivity index is 1.65. The smallest absolute Gasteiger partial charge is 0.181 e. The molecule has 0 saturated carbocycles. The van der Waals surface area contributed by atoms with Gasteiger partial charge >= 0.3 is 0 Å². The van der Waals surface area contributed by atoms with Gasteiger partial charge in [0, 0.05) is 50.1 Å². The number of piperazine rings is 1. The zero-order valence-electron chi connectivity index (χ0n) is 16.9. The van der Waals surface area contributed by atoms with Gasteiger partial charge in [0.25, 0.3) is 0 Å². The van der Waals surface area contributed by atoms with Crippen molar-refractivity contribution in [1.29, 1.82) is 0 Å². The number of aryl methyl sites for hydroxylation is 1. The molecule has 6 heteroatoms. The van der Waals surface area contributed by atoms with E-state index in [-0.39, 0.29) is 0 Å². The van der Waals surface area contributed by atoms with E-state index in [1.54, 1.807) is 12.4 Å². The Morgan fingerprint density at radius 2 is 1.89 bits per heavy atom. The lowest BCUT2D eigenvalue weighted by molar-refractivity contribution is 0.112. The van der Waals surface area contributed by atoms with Gasteiger partial charge in [-0.3, -0.25) is 4.98 Å². The molecule has 0 spiro atoms. The molecule has 1 atom stereocenters. The third-order valence-corrected chi connectivity index (χ3v) is 5.50. The molecule has 146 valence electrons. The van der Waals surface area contributed by atoms with Crippen LogP contribution >= 0.6 is 0 Å². The summed E-state index contributed by atoms with van der Waals surface area (Å²) in [5.41, 5.74) is 3.53. The highest BCUT2D eigenvalue weighted by molar-refractivity contribution is 5.53. The van der Waals surface area contributed by atoms with E-state index in [1.807, 2.05) is 12.1 Å². The van der Waals surface area contributed by atoms with Gasteiger partial charge in [-0.05, 0) is 38.7 Å². The van der Waals surface area contributed by atoms with E-state index in [9.17, 15) is 0 Å². The minimum absolute atomic E-state index is 0.449. The molecule has 1 fully saturated rings. The number of pyridine rings is 1. The Labute approximate surface area is 166 Å². The first-order valence-electron chi connectivity index (χ1n) is 9.87. The maximum atomic E-state index is 4.93.